The molecule has 0 radical (unpaired) electrons. The van der Waals surface area contributed by atoms with E-state index in [1.165, 1.54) is 0 Å². The minimum Gasteiger partial charge on any atom is -0.381 e. The lowest BCUT2D eigenvalue weighted by molar-refractivity contribution is -0.0221. The second kappa shape index (κ2) is 7.33. The van der Waals surface area contributed by atoms with Crippen LogP contribution in [0.3, 0.4) is 0 Å². The zero-order chi connectivity index (χ0) is 15.3. The van der Waals surface area contributed by atoms with Crippen LogP contribution in [0.15, 0.2) is 4.52 Å². The van der Waals surface area contributed by atoms with Crippen LogP contribution in [0, 0.1) is 0 Å². The fourth-order valence-corrected chi connectivity index (χ4v) is 2.61. The molecule has 120 valence electrons. The van der Waals surface area contributed by atoms with Gasteiger partial charge < -0.3 is 19.3 Å². The van der Waals surface area contributed by atoms with Crippen molar-refractivity contribution in [3.63, 3.8) is 0 Å². The molecule has 1 aromatic heterocycles. The minimum atomic E-state index is -0.529. The Bertz CT molecular complexity index is 434. The van der Waals surface area contributed by atoms with Gasteiger partial charge in [-0.25, -0.2) is 0 Å². The first-order chi connectivity index (χ1) is 10.1. The maximum absolute atomic E-state index is 5.68. The highest BCUT2D eigenvalue weighted by Gasteiger charge is 2.34. The maximum Gasteiger partial charge on any atom is 0.233 e. The first-order valence-electron chi connectivity index (χ1n) is 7.87. The van der Waals surface area contributed by atoms with Crippen molar-refractivity contribution in [2.24, 2.45) is 0 Å². The standard InChI is InChI=1S/C15H27N3O3/c1-5-8-16-12-7-9-19-10-11(12)13-17-14(18-21-13)15(3,4)20-6-2/h11-12,16H,5-10H2,1-4H3. The van der Waals surface area contributed by atoms with Gasteiger partial charge in [-0.3, -0.25) is 0 Å². The summed E-state index contributed by atoms with van der Waals surface area (Å²) >= 11 is 0. The van der Waals surface area contributed by atoms with Crippen molar-refractivity contribution in [3.05, 3.63) is 11.7 Å². The lowest BCUT2D eigenvalue weighted by atomic mass is 9.95. The summed E-state index contributed by atoms with van der Waals surface area (Å²) in [7, 11) is 0. The van der Waals surface area contributed by atoms with Gasteiger partial charge in [0.1, 0.15) is 5.60 Å². The molecular weight excluding hydrogens is 270 g/mol. The van der Waals surface area contributed by atoms with Crippen LogP contribution in [0.5, 0.6) is 0 Å². The predicted molar refractivity (Wildman–Crippen MR) is 79.2 cm³/mol. The fourth-order valence-electron chi connectivity index (χ4n) is 2.61. The zero-order valence-electron chi connectivity index (χ0n) is 13.5. The smallest absolute Gasteiger partial charge is 0.233 e. The zero-order valence-corrected chi connectivity index (χ0v) is 13.5. The van der Waals surface area contributed by atoms with E-state index in [2.05, 4.69) is 22.4 Å². The molecule has 1 aliphatic rings. The van der Waals surface area contributed by atoms with E-state index >= 15 is 0 Å². The molecule has 1 N–H and O–H groups in total. The molecule has 0 amide bonds. The summed E-state index contributed by atoms with van der Waals surface area (Å²) in [6.45, 7) is 11.0. The molecule has 21 heavy (non-hydrogen) atoms. The van der Waals surface area contributed by atoms with Crippen LogP contribution < -0.4 is 5.32 Å². The third-order valence-corrected chi connectivity index (χ3v) is 3.82. The average Bonchev–Trinajstić information content (AvgIpc) is 2.96. The molecule has 2 heterocycles. The van der Waals surface area contributed by atoms with Crippen LogP contribution >= 0.6 is 0 Å². The van der Waals surface area contributed by atoms with Crippen molar-refractivity contribution >= 4 is 0 Å². The van der Waals surface area contributed by atoms with Gasteiger partial charge in [0.2, 0.25) is 11.7 Å². The lowest BCUT2D eigenvalue weighted by Gasteiger charge is -2.29. The first-order valence-corrected chi connectivity index (χ1v) is 7.87. The van der Waals surface area contributed by atoms with E-state index in [4.69, 9.17) is 14.0 Å². The molecular formula is C15H27N3O3. The maximum atomic E-state index is 5.68. The molecule has 0 bridgehead atoms. The number of nitrogens with one attached hydrogen (secondary N) is 1. The van der Waals surface area contributed by atoms with Gasteiger partial charge in [-0.05, 0) is 40.2 Å². The predicted octanol–water partition coefficient (Wildman–Crippen LogP) is 2.21. The summed E-state index contributed by atoms with van der Waals surface area (Å²) in [6.07, 6.45) is 2.08. The molecule has 6 heteroatoms. The van der Waals surface area contributed by atoms with E-state index in [-0.39, 0.29) is 5.92 Å². The molecule has 2 unspecified atom stereocenters. The molecule has 1 saturated heterocycles. The van der Waals surface area contributed by atoms with Crippen LogP contribution in [-0.2, 0) is 15.1 Å². The molecule has 0 aromatic carbocycles. The summed E-state index contributed by atoms with van der Waals surface area (Å²) in [4.78, 5) is 4.56. The third-order valence-electron chi connectivity index (χ3n) is 3.82. The van der Waals surface area contributed by atoms with Crippen LogP contribution in [0.1, 0.15) is 58.2 Å². The quantitative estimate of drug-likeness (QED) is 0.832. The van der Waals surface area contributed by atoms with E-state index in [0.29, 0.717) is 31.0 Å². The van der Waals surface area contributed by atoms with Crippen molar-refractivity contribution in [1.29, 1.82) is 0 Å². The highest BCUT2D eigenvalue weighted by molar-refractivity contribution is 5.04. The van der Waals surface area contributed by atoms with Crippen LogP contribution in [-0.4, -0.2) is 42.5 Å². The fraction of sp³-hybridized carbons (Fsp3) is 0.867. The van der Waals surface area contributed by atoms with Crippen LogP contribution in [0.25, 0.3) is 0 Å². The van der Waals surface area contributed by atoms with Gasteiger partial charge in [-0.15, -0.1) is 0 Å². The normalized spacial score (nSPS) is 23.4. The van der Waals surface area contributed by atoms with Crippen molar-refractivity contribution in [2.75, 3.05) is 26.4 Å². The second-order valence-corrected chi connectivity index (χ2v) is 5.93. The molecule has 1 aromatic rings. The van der Waals surface area contributed by atoms with E-state index in [9.17, 15) is 0 Å². The van der Waals surface area contributed by atoms with Crippen molar-refractivity contribution in [3.8, 4) is 0 Å². The van der Waals surface area contributed by atoms with E-state index in [1.54, 1.807) is 0 Å². The summed E-state index contributed by atoms with van der Waals surface area (Å²) in [5.41, 5.74) is -0.529. The minimum absolute atomic E-state index is 0.115. The van der Waals surface area contributed by atoms with Crippen molar-refractivity contribution in [1.82, 2.24) is 15.5 Å². The third kappa shape index (κ3) is 4.02. The Morgan fingerprint density at radius 2 is 2.19 bits per heavy atom. The van der Waals surface area contributed by atoms with Crippen LogP contribution in [0.4, 0.5) is 0 Å². The molecule has 2 rings (SSSR count). The molecule has 1 fully saturated rings. The Kier molecular flexibility index (Phi) is 5.72. The Morgan fingerprint density at radius 1 is 1.38 bits per heavy atom. The van der Waals surface area contributed by atoms with Gasteiger partial charge in [0, 0.05) is 19.3 Å². The molecule has 1 aliphatic heterocycles. The molecule has 2 atom stereocenters. The summed E-state index contributed by atoms with van der Waals surface area (Å²) in [6, 6.07) is 0.335. The lowest BCUT2D eigenvalue weighted by Crippen LogP contribution is -2.41. The number of nitrogens with zero attached hydrogens (tertiary/aromatic N) is 2. The highest BCUT2D eigenvalue weighted by atomic mass is 16.5. The molecule has 0 spiro atoms. The monoisotopic (exact) mass is 297 g/mol. The topological polar surface area (TPSA) is 69.4 Å². The first kappa shape index (κ1) is 16.4. The Hall–Kier alpha value is -0.980. The largest absolute Gasteiger partial charge is 0.381 e. The van der Waals surface area contributed by atoms with E-state index in [1.807, 2.05) is 20.8 Å². The van der Waals surface area contributed by atoms with Gasteiger partial charge in [-0.2, -0.15) is 4.98 Å². The number of rotatable bonds is 7. The average molecular weight is 297 g/mol. The van der Waals surface area contributed by atoms with Gasteiger partial charge >= 0.3 is 0 Å². The summed E-state index contributed by atoms with van der Waals surface area (Å²) < 4.78 is 16.8. The number of hydrogen-bond acceptors (Lipinski definition) is 6. The Labute approximate surface area is 126 Å². The van der Waals surface area contributed by atoms with Gasteiger partial charge in [0.15, 0.2) is 0 Å². The Balaban J connectivity index is 2.11. The van der Waals surface area contributed by atoms with Crippen molar-refractivity contribution in [2.45, 2.75) is 58.1 Å². The summed E-state index contributed by atoms with van der Waals surface area (Å²) in [5, 5.41) is 7.66. The number of ether oxygens (including phenoxy) is 2. The number of aromatic nitrogens is 2. The SMILES string of the molecule is CCCNC1CCOCC1c1nc(C(C)(C)OCC)no1. The number of hydrogen-bond donors (Lipinski definition) is 1. The molecule has 0 aliphatic carbocycles. The van der Waals surface area contributed by atoms with E-state index < -0.39 is 5.60 Å². The van der Waals surface area contributed by atoms with Crippen LogP contribution in [0.2, 0.25) is 0 Å². The van der Waals surface area contributed by atoms with E-state index in [0.717, 1.165) is 26.0 Å². The van der Waals surface area contributed by atoms with Gasteiger partial charge in [0.25, 0.3) is 0 Å². The highest BCUT2D eigenvalue weighted by Crippen LogP contribution is 2.28. The van der Waals surface area contributed by atoms with Crippen molar-refractivity contribution < 1.29 is 14.0 Å². The Morgan fingerprint density at radius 3 is 2.90 bits per heavy atom. The van der Waals surface area contributed by atoms with Gasteiger partial charge in [0.05, 0.1) is 12.5 Å². The molecule has 6 nitrogen and oxygen atoms in total. The second-order valence-electron chi connectivity index (χ2n) is 5.93. The van der Waals surface area contributed by atoms with Gasteiger partial charge in [-0.1, -0.05) is 12.1 Å². The summed E-state index contributed by atoms with van der Waals surface area (Å²) in [5.74, 6) is 1.36. The molecule has 0 saturated carbocycles.